The molecule has 1 N–H and O–H groups in total. The van der Waals surface area contributed by atoms with Crippen LogP contribution in [0.4, 0.5) is 4.39 Å². The zero-order chi connectivity index (χ0) is 13.5. The van der Waals surface area contributed by atoms with Crippen molar-refractivity contribution in [1.29, 1.82) is 0 Å². The van der Waals surface area contributed by atoms with E-state index in [0.717, 1.165) is 32.3 Å². The van der Waals surface area contributed by atoms with Crippen molar-refractivity contribution >= 4 is 0 Å². The van der Waals surface area contributed by atoms with Crippen LogP contribution in [0, 0.1) is 18.7 Å². The zero-order valence-corrected chi connectivity index (χ0v) is 11.4. The molecule has 0 radical (unpaired) electrons. The largest absolute Gasteiger partial charge is 0.388 e. The molecule has 3 heteroatoms. The van der Waals surface area contributed by atoms with Gasteiger partial charge in [-0.2, -0.15) is 0 Å². The third-order valence-electron chi connectivity index (χ3n) is 4.78. The Balaban J connectivity index is 1.75. The normalized spacial score (nSPS) is 27.0. The smallest absolute Gasteiger partial charge is 0.126 e. The van der Waals surface area contributed by atoms with Gasteiger partial charge in [-0.25, -0.2) is 4.39 Å². The zero-order valence-electron chi connectivity index (χ0n) is 11.4. The number of aliphatic hydroxyl groups is 1. The van der Waals surface area contributed by atoms with E-state index in [1.807, 2.05) is 6.07 Å². The summed E-state index contributed by atoms with van der Waals surface area (Å²) in [5, 5.41) is 10.5. The minimum atomic E-state index is -0.573. The van der Waals surface area contributed by atoms with Crippen LogP contribution in [-0.2, 0) is 4.74 Å². The van der Waals surface area contributed by atoms with Crippen molar-refractivity contribution in [1.82, 2.24) is 0 Å². The Morgan fingerprint density at radius 1 is 1.42 bits per heavy atom. The minimum Gasteiger partial charge on any atom is -0.388 e. The van der Waals surface area contributed by atoms with E-state index in [1.165, 1.54) is 12.5 Å². The molecule has 2 unspecified atom stereocenters. The molecule has 2 aliphatic rings. The molecule has 1 aromatic rings. The summed E-state index contributed by atoms with van der Waals surface area (Å²) in [5.74, 6) is -0.0434. The standard InChI is InChI=1S/C16H21FO2/c1-11-3-4-12(9-14(11)17)15(18)13-5-8-19-16(10-13)6-2-7-16/h3-4,9,13,15,18H,2,5-8,10H2,1H3. The lowest BCUT2D eigenvalue weighted by molar-refractivity contribution is -0.157. The van der Waals surface area contributed by atoms with Gasteiger partial charge in [0.05, 0.1) is 11.7 Å². The average molecular weight is 264 g/mol. The highest BCUT2D eigenvalue weighted by molar-refractivity contribution is 5.25. The Morgan fingerprint density at radius 3 is 2.84 bits per heavy atom. The second kappa shape index (κ2) is 4.88. The number of halogens is 1. The lowest BCUT2D eigenvalue weighted by Gasteiger charge is -2.48. The van der Waals surface area contributed by atoms with Crippen molar-refractivity contribution in [2.24, 2.45) is 5.92 Å². The first kappa shape index (κ1) is 13.1. The number of hydrogen-bond donors (Lipinski definition) is 1. The fourth-order valence-corrected chi connectivity index (χ4v) is 3.32. The molecule has 3 rings (SSSR count). The van der Waals surface area contributed by atoms with Crippen LogP contribution in [0.25, 0.3) is 0 Å². The molecule has 1 saturated carbocycles. The predicted molar refractivity (Wildman–Crippen MR) is 71.4 cm³/mol. The first-order valence-electron chi connectivity index (χ1n) is 7.18. The van der Waals surface area contributed by atoms with E-state index in [1.54, 1.807) is 13.0 Å². The van der Waals surface area contributed by atoms with Gasteiger partial charge in [0.25, 0.3) is 0 Å². The predicted octanol–water partition coefficient (Wildman–Crippen LogP) is 3.52. The second-order valence-electron chi connectivity index (χ2n) is 6.09. The van der Waals surface area contributed by atoms with Crippen LogP contribution >= 0.6 is 0 Å². The van der Waals surface area contributed by atoms with Gasteiger partial charge in [0, 0.05) is 6.61 Å². The summed E-state index contributed by atoms with van der Waals surface area (Å²) in [5.41, 5.74) is 1.34. The van der Waals surface area contributed by atoms with E-state index < -0.39 is 6.10 Å². The third-order valence-corrected chi connectivity index (χ3v) is 4.78. The number of aliphatic hydroxyl groups excluding tert-OH is 1. The molecule has 1 aliphatic heterocycles. The Labute approximate surface area is 113 Å². The van der Waals surface area contributed by atoms with Crippen LogP contribution in [0.3, 0.4) is 0 Å². The van der Waals surface area contributed by atoms with Gasteiger partial charge in [0.15, 0.2) is 0 Å². The maximum Gasteiger partial charge on any atom is 0.126 e. The summed E-state index contributed by atoms with van der Waals surface area (Å²) in [6, 6.07) is 5.06. The summed E-state index contributed by atoms with van der Waals surface area (Å²) in [6.45, 7) is 2.46. The Hall–Kier alpha value is -0.930. The number of ether oxygens (including phenoxy) is 1. The fourth-order valence-electron chi connectivity index (χ4n) is 3.32. The molecule has 0 aromatic heterocycles. The van der Waals surface area contributed by atoms with E-state index in [9.17, 15) is 9.50 Å². The van der Waals surface area contributed by atoms with Gasteiger partial charge in [-0.15, -0.1) is 0 Å². The topological polar surface area (TPSA) is 29.5 Å². The van der Waals surface area contributed by atoms with Crippen LogP contribution in [-0.4, -0.2) is 17.3 Å². The second-order valence-corrected chi connectivity index (χ2v) is 6.09. The summed E-state index contributed by atoms with van der Waals surface area (Å²) >= 11 is 0. The van der Waals surface area contributed by atoms with Crippen LogP contribution in [0.15, 0.2) is 18.2 Å². The maximum atomic E-state index is 13.6. The van der Waals surface area contributed by atoms with Gasteiger partial charge < -0.3 is 9.84 Å². The van der Waals surface area contributed by atoms with Gasteiger partial charge in [0.1, 0.15) is 5.82 Å². The first-order chi connectivity index (χ1) is 9.10. The summed E-state index contributed by atoms with van der Waals surface area (Å²) in [4.78, 5) is 0. The lowest BCUT2D eigenvalue weighted by Crippen LogP contribution is -2.46. The highest BCUT2D eigenvalue weighted by atomic mass is 19.1. The van der Waals surface area contributed by atoms with Crippen LogP contribution in [0.2, 0.25) is 0 Å². The monoisotopic (exact) mass is 264 g/mol. The van der Waals surface area contributed by atoms with Crippen LogP contribution < -0.4 is 0 Å². The molecule has 1 aromatic carbocycles. The Kier molecular flexibility index (Phi) is 3.35. The maximum absolute atomic E-state index is 13.6. The van der Waals surface area contributed by atoms with E-state index in [0.29, 0.717) is 11.1 Å². The Morgan fingerprint density at radius 2 is 2.21 bits per heavy atom. The molecule has 104 valence electrons. The molecule has 2 fully saturated rings. The highest BCUT2D eigenvalue weighted by Gasteiger charge is 2.44. The van der Waals surface area contributed by atoms with Crippen molar-refractivity contribution in [3.05, 3.63) is 35.1 Å². The molecule has 2 nitrogen and oxygen atoms in total. The van der Waals surface area contributed by atoms with Crippen LogP contribution in [0.1, 0.15) is 49.3 Å². The molecule has 0 amide bonds. The van der Waals surface area contributed by atoms with Crippen molar-refractivity contribution in [3.63, 3.8) is 0 Å². The number of hydrogen-bond acceptors (Lipinski definition) is 2. The van der Waals surface area contributed by atoms with Gasteiger partial charge in [0.2, 0.25) is 0 Å². The average Bonchev–Trinajstić information content (AvgIpc) is 2.39. The molecular formula is C16H21FO2. The third kappa shape index (κ3) is 2.41. The Bertz CT molecular complexity index is 468. The molecule has 2 atom stereocenters. The van der Waals surface area contributed by atoms with E-state index in [2.05, 4.69) is 0 Å². The molecule has 1 heterocycles. The highest BCUT2D eigenvalue weighted by Crippen LogP contribution is 2.47. The number of aryl methyl sites for hydroxylation is 1. The summed E-state index contributed by atoms with van der Waals surface area (Å²) in [6.07, 6.45) is 4.64. The van der Waals surface area contributed by atoms with Crippen molar-refractivity contribution in [3.8, 4) is 0 Å². The van der Waals surface area contributed by atoms with Gasteiger partial charge in [-0.1, -0.05) is 12.1 Å². The molecular weight excluding hydrogens is 243 g/mol. The van der Waals surface area contributed by atoms with E-state index in [4.69, 9.17) is 4.74 Å². The quantitative estimate of drug-likeness (QED) is 0.885. The van der Waals surface area contributed by atoms with E-state index >= 15 is 0 Å². The number of rotatable bonds is 2. The van der Waals surface area contributed by atoms with Gasteiger partial charge >= 0.3 is 0 Å². The summed E-state index contributed by atoms with van der Waals surface area (Å²) in [7, 11) is 0. The van der Waals surface area contributed by atoms with Crippen molar-refractivity contribution in [2.45, 2.75) is 50.7 Å². The molecule has 1 saturated heterocycles. The molecule has 1 aliphatic carbocycles. The molecule has 0 bridgehead atoms. The SMILES string of the molecule is Cc1ccc(C(O)C2CCOC3(CCC3)C2)cc1F. The number of benzene rings is 1. The van der Waals surface area contributed by atoms with Crippen LogP contribution in [0.5, 0.6) is 0 Å². The van der Waals surface area contributed by atoms with Gasteiger partial charge in [-0.3, -0.25) is 0 Å². The fraction of sp³-hybridized carbons (Fsp3) is 0.625. The molecule has 1 spiro atoms. The van der Waals surface area contributed by atoms with Crippen molar-refractivity contribution in [2.75, 3.05) is 6.61 Å². The van der Waals surface area contributed by atoms with Crippen molar-refractivity contribution < 1.29 is 14.2 Å². The minimum absolute atomic E-state index is 0.0210. The molecule has 19 heavy (non-hydrogen) atoms. The van der Waals surface area contributed by atoms with E-state index in [-0.39, 0.29) is 17.3 Å². The summed E-state index contributed by atoms with van der Waals surface area (Å²) < 4.78 is 19.5. The first-order valence-corrected chi connectivity index (χ1v) is 7.18. The lowest BCUT2D eigenvalue weighted by atomic mass is 9.70. The van der Waals surface area contributed by atoms with Gasteiger partial charge in [-0.05, 0) is 62.1 Å².